The second kappa shape index (κ2) is 10.1. The number of aromatic hydroxyl groups is 1. The van der Waals surface area contributed by atoms with Gasteiger partial charge in [0.05, 0.1) is 0 Å². The van der Waals surface area contributed by atoms with Crippen LogP contribution in [-0.2, 0) is 22.4 Å². The number of benzene rings is 2. The summed E-state index contributed by atoms with van der Waals surface area (Å²) < 4.78 is 0. The predicted molar refractivity (Wildman–Crippen MR) is 149 cm³/mol. The van der Waals surface area contributed by atoms with E-state index < -0.39 is 29.6 Å². The van der Waals surface area contributed by atoms with Crippen molar-refractivity contribution >= 4 is 30.4 Å². The summed E-state index contributed by atoms with van der Waals surface area (Å²) >= 11 is 0. The number of aliphatic hydroxyl groups excluding tert-OH is 3. The van der Waals surface area contributed by atoms with Crippen LogP contribution in [0, 0.1) is 17.8 Å². The van der Waals surface area contributed by atoms with E-state index in [1.54, 1.807) is 19.0 Å². The Balaban J connectivity index is 1.64. The van der Waals surface area contributed by atoms with E-state index in [0.29, 0.717) is 25.7 Å². The number of primary amides is 1. The number of hydrogen-bond donors (Lipinski definition) is 5. The average Bonchev–Trinajstić information content (AvgIpc) is 2.87. The van der Waals surface area contributed by atoms with Crippen LogP contribution in [0.1, 0.15) is 29.5 Å². The topological polar surface area (TPSA) is 144 Å². The van der Waals surface area contributed by atoms with Crippen LogP contribution in [-0.4, -0.2) is 76.7 Å². The molecule has 0 bridgehead atoms. The van der Waals surface area contributed by atoms with Crippen molar-refractivity contribution in [1.29, 1.82) is 0 Å². The third kappa shape index (κ3) is 4.30. The number of rotatable bonds is 6. The quantitative estimate of drug-likeness (QED) is 0.363. The van der Waals surface area contributed by atoms with E-state index in [1.165, 1.54) is 6.07 Å². The van der Waals surface area contributed by atoms with E-state index in [2.05, 4.69) is 0 Å². The number of carbonyl (C=O) groups excluding carboxylic acids is 2. The Kier molecular flexibility index (Phi) is 6.99. The molecule has 9 heteroatoms. The molecule has 8 nitrogen and oxygen atoms in total. The number of nitrogens with two attached hydrogens (primary N) is 1. The van der Waals surface area contributed by atoms with Gasteiger partial charge in [0, 0.05) is 6.61 Å². The fourth-order valence-electron chi connectivity index (χ4n) is 6.81. The first-order chi connectivity index (χ1) is 18.6. The minimum atomic E-state index is -0.945. The van der Waals surface area contributed by atoms with Gasteiger partial charge in [-0.2, -0.15) is 0 Å². The van der Waals surface area contributed by atoms with E-state index in [1.807, 2.05) is 30.3 Å². The van der Waals surface area contributed by atoms with Crippen molar-refractivity contribution < 1.29 is 30.0 Å². The Morgan fingerprint density at radius 1 is 1.15 bits per heavy atom. The predicted octanol–water partition coefficient (Wildman–Crippen LogP) is 2.21. The van der Waals surface area contributed by atoms with Gasteiger partial charge in [0.15, 0.2) is 0 Å². The van der Waals surface area contributed by atoms with E-state index in [-0.39, 0.29) is 52.0 Å². The summed E-state index contributed by atoms with van der Waals surface area (Å²) in [6.07, 6.45) is 2.17. The third-order valence-corrected chi connectivity index (χ3v) is 8.40. The number of likely N-dealkylation sites (N-methyl/N-ethyl adjacent to an activating group) is 1. The van der Waals surface area contributed by atoms with Crippen molar-refractivity contribution in [3.63, 3.8) is 0 Å². The molecule has 5 rings (SSSR count). The number of allylic oxidation sites excluding steroid dienone is 1. The van der Waals surface area contributed by atoms with Crippen molar-refractivity contribution in [2.24, 2.45) is 23.5 Å². The van der Waals surface area contributed by atoms with E-state index in [0.717, 1.165) is 22.3 Å². The molecule has 201 valence electrons. The Morgan fingerprint density at radius 3 is 2.56 bits per heavy atom. The van der Waals surface area contributed by atoms with Crippen LogP contribution in [0.25, 0.3) is 16.9 Å². The number of fused-ring (bicyclic) bond motifs is 3. The molecule has 1 saturated carbocycles. The molecule has 2 aromatic carbocycles. The van der Waals surface area contributed by atoms with Crippen molar-refractivity contribution in [1.82, 2.24) is 4.90 Å². The molecule has 0 spiro atoms. The number of aryl methyl sites for hydroxylation is 1. The molecule has 6 N–H and O–H groups in total. The van der Waals surface area contributed by atoms with Crippen LogP contribution < -0.4 is 5.73 Å². The zero-order valence-electron chi connectivity index (χ0n) is 22.0. The maximum absolute atomic E-state index is 14.0. The van der Waals surface area contributed by atoms with E-state index in [4.69, 9.17) is 13.2 Å². The van der Waals surface area contributed by atoms with Crippen LogP contribution in [0.5, 0.6) is 5.75 Å². The van der Waals surface area contributed by atoms with Crippen LogP contribution in [0.15, 0.2) is 53.3 Å². The molecule has 0 aliphatic heterocycles. The number of phenolic OH excluding ortho intramolecular Hbond substituents is 1. The Labute approximate surface area is 228 Å². The number of amides is 1. The molecule has 0 saturated heterocycles. The normalized spacial score (nSPS) is 24.5. The molecule has 2 aromatic rings. The Hall–Kier alpha value is -3.69. The number of hydrogen-bond acceptors (Lipinski definition) is 7. The van der Waals surface area contributed by atoms with Gasteiger partial charge in [-0.1, -0.05) is 0 Å². The molecule has 1 fully saturated rings. The number of aliphatic hydroxyl groups is 3. The molecule has 3 aliphatic carbocycles. The zero-order chi connectivity index (χ0) is 28.2. The van der Waals surface area contributed by atoms with Gasteiger partial charge < -0.3 is 5.11 Å². The van der Waals surface area contributed by atoms with Gasteiger partial charge in [0.2, 0.25) is 0 Å². The molecule has 1 unspecified atom stereocenters. The van der Waals surface area contributed by atoms with Crippen molar-refractivity contribution in [2.45, 2.75) is 31.7 Å². The second-order valence-electron chi connectivity index (χ2n) is 10.9. The van der Waals surface area contributed by atoms with Gasteiger partial charge in [0.25, 0.3) is 0 Å². The average molecular weight is 527 g/mol. The second-order valence-corrected chi connectivity index (χ2v) is 10.9. The van der Waals surface area contributed by atoms with Gasteiger partial charge in [-0.25, -0.2) is 0 Å². The number of nitrogens with zero attached hydrogens (tertiary/aromatic N) is 1. The molecular weight excluding hydrogens is 495 g/mol. The monoisotopic (exact) mass is 527 g/mol. The van der Waals surface area contributed by atoms with Crippen molar-refractivity contribution in [2.75, 3.05) is 20.7 Å². The summed E-state index contributed by atoms with van der Waals surface area (Å²) in [7, 11) is 9.81. The summed E-state index contributed by atoms with van der Waals surface area (Å²) in [5, 5.41) is 42.5. The first kappa shape index (κ1) is 26.9. The van der Waals surface area contributed by atoms with Crippen molar-refractivity contribution in [3.8, 4) is 16.9 Å². The van der Waals surface area contributed by atoms with Gasteiger partial charge in [-0.3, -0.25) is 0 Å². The SMILES string of the molecule is [B]=C1C(C(N)=O)=C(O)[C@@H](N(C)C)[C@@H]2C[C@@H]3Cc4c(-c5cccc(CCCO)c5)ccc(O)c4C(O)=C3C(=O)C12. The van der Waals surface area contributed by atoms with E-state index >= 15 is 0 Å². The fourth-order valence-corrected chi connectivity index (χ4v) is 6.81. The first-order valence-corrected chi connectivity index (χ1v) is 13.1. The van der Waals surface area contributed by atoms with Gasteiger partial charge >= 0.3 is 210 Å². The zero-order valence-corrected chi connectivity index (χ0v) is 22.0. The standard InChI is InChI=1S/C30H32BN2O6/c1-33(2)26-19-13-16-12-18-17(15-7-3-5-14(11-15)6-4-10-34)8-9-20(35)22(18)27(36)21(16)28(37)23(19)25(31)24(29(26)38)30(32)39/h3,5,7-9,11,16,19,23,26,34-36,38H,4,6,10,12-13H2,1-2H3,(H2,32,39)/t16-,19+,23?,26-/m0/s1. The first-order valence-electron chi connectivity index (χ1n) is 13.1. The number of phenols is 1. The summed E-state index contributed by atoms with van der Waals surface area (Å²) in [6, 6.07) is 10.6. The molecule has 1 radical (unpaired) electrons. The summed E-state index contributed by atoms with van der Waals surface area (Å²) in [5.74, 6) is -3.78. The number of carbonyl (C=O) groups is 2. The number of Topliss-reactive ketones (excluding diaryl/α,β-unsaturated/α-hetero) is 1. The van der Waals surface area contributed by atoms with Crippen LogP contribution in [0.2, 0.25) is 0 Å². The molecule has 39 heavy (non-hydrogen) atoms. The Morgan fingerprint density at radius 2 is 1.90 bits per heavy atom. The minimum absolute atomic E-state index is 0.0877. The molecule has 1 amide bonds. The molecule has 3 aliphatic rings. The summed E-state index contributed by atoms with van der Waals surface area (Å²) in [6.45, 7) is 0.0969. The van der Waals surface area contributed by atoms with Crippen molar-refractivity contribution in [3.05, 3.63) is 70.0 Å². The molecule has 0 heterocycles. The fraction of sp³-hybridized carbons (Fsp3) is 0.367. The van der Waals surface area contributed by atoms with E-state index in [9.17, 15) is 30.0 Å². The summed E-state index contributed by atoms with van der Waals surface area (Å²) in [4.78, 5) is 27.9. The van der Waals surface area contributed by atoms with Crippen LogP contribution in [0.3, 0.4) is 0 Å². The Bertz CT molecular complexity index is 1460. The number of ketones is 1. The molecule has 0 aromatic heterocycles. The van der Waals surface area contributed by atoms with Crippen LogP contribution in [0.4, 0.5) is 0 Å². The van der Waals surface area contributed by atoms with Gasteiger partial charge in [-0.15, -0.1) is 0 Å². The summed E-state index contributed by atoms with van der Waals surface area (Å²) in [5.41, 5.74) is 9.14. The molecule has 4 atom stereocenters. The van der Waals surface area contributed by atoms with Gasteiger partial charge in [0.1, 0.15) is 0 Å². The third-order valence-electron chi connectivity index (χ3n) is 8.40. The maximum atomic E-state index is 14.0. The molecular formula is C30H32BN2O6. The van der Waals surface area contributed by atoms with Crippen LogP contribution >= 0.6 is 0 Å². The van der Waals surface area contributed by atoms with Gasteiger partial charge in [-0.05, 0) is 6.42 Å².